The van der Waals surface area contributed by atoms with Gasteiger partial charge in [0.15, 0.2) is 0 Å². The van der Waals surface area contributed by atoms with Gasteiger partial charge in [-0.1, -0.05) is 19.8 Å². The van der Waals surface area contributed by atoms with E-state index in [1.54, 1.807) is 6.21 Å². The normalized spacial score (nSPS) is 10.7. The van der Waals surface area contributed by atoms with E-state index in [4.69, 9.17) is 4.74 Å². The second kappa shape index (κ2) is 9.35. The topological polar surface area (TPSA) is 70.9 Å². The van der Waals surface area contributed by atoms with Crippen molar-refractivity contribution in [3.63, 3.8) is 0 Å². The zero-order valence-corrected chi connectivity index (χ0v) is 13.7. The van der Waals surface area contributed by atoms with Gasteiger partial charge in [0.25, 0.3) is 5.91 Å². The second-order valence-corrected chi connectivity index (χ2v) is 5.37. The average Bonchev–Trinajstić information content (AvgIpc) is 2.60. The number of hydrazone groups is 1. The number of carbonyl (C=O) groups is 1. The van der Waals surface area contributed by atoms with Gasteiger partial charge in [0.2, 0.25) is 0 Å². The highest BCUT2D eigenvalue weighted by Crippen LogP contribution is 2.12. The molecule has 0 aliphatic heterocycles. The molecule has 0 unspecified atom stereocenters. The predicted octanol–water partition coefficient (Wildman–Crippen LogP) is 3.73. The van der Waals surface area contributed by atoms with Gasteiger partial charge in [0, 0.05) is 5.56 Å². The van der Waals surface area contributed by atoms with Crippen molar-refractivity contribution in [2.75, 3.05) is 6.61 Å². The van der Waals surface area contributed by atoms with Crippen LogP contribution in [0.4, 0.5) is 0 Å². The minimum absolute atomic E-state index is 0.118. The number of phenolic OH excluding ortho intramolecular Hbond substituents is 1. The lowest BCUT2D eigenvalue weighted by atomic mass is 10.2. The van der Waals surface area contributed by atoms with E-state index in [1.807, 2.05) is 24.3 Å². The molecule has 126 valence electrons. The number of benzene rings is 2. The van der Waals surface area contributed by atoms with Gasteiger partial charge in [0.1, 0.15) is 11.5 Å². The molecule has 0 fully saturated rings. The molecule has 2 aromatic rings. The molecule has 0 saturated carbocycles. The molecule has 5 nitrogen and oxygen atoms in total. The Morgan fingerprint density at radius 1 is 1.12 bits per heavy atom. The largest absolute Gasteiger partial charge is 0.508 e. The van der Waals surface area contributed by atoms with Crippen LogP contribution in [0.5, 0.6) is 11.5 Å². The average molecular weight is 326 g/mol. The number of phenols is 1. The standard InChI is InChI=1S/C19H22N2O3/c1-2-3-4-13-24-18-11-5-15(6-12-18)14-20-21-19(23)16-7-9-17(22)10-8-16/h5-12,14,22H,2-4,13H2,1H3,(H,21,23)/b20-14-. The van der Waals surface area contributed by atoms with Crippen molar-refractivity contribution in [1.82, 2.24) is 5.43 Å². The number of hydrogen-bond acceptors (Lipinski definition) is 4. The van der Waals surface area contributed by atoms with Crippen molar-refractivity contribution < 1.29 is 14.6 Å². The maximum Gasteiger partial charge on any atom is 0.271 e. The quantitative estimate of drug-likeness (QED) is 0.441. The zero-order valence-electron chi connectivity index (χ0n) is 13.7. The number of hydrogen-bond donors (Lipinski definition) is 2. The number of unbranched alkanes of at least 4 members (excludes halogenated alkanes) is 2. The van der Waals surface area contributed by atoms with Gasteiger partial charge in [-0.25, -0.2) is 5.43 Å². The van der Waals surface area contributed by atoms with E-state index >= 15 is 0 Å². The Hall–Kier alpha value is -2.82. The summed E-state index contributed by atoms with van der Waals surface area (Å²) < 4.78 is 5.64. The third-order valence-electron chi connectivity index (χ3n) is 3.41. The fourth-order valence-corrected chi connectivity index (χ4v) is 2.03. The first-order chi connectivity index (χ1) is 11.7. The van der Waals surface area contributed by atoms with Crippen LogP contribution in [0.15, 0.2) is 53.6 Å². The van der Waals surface area contributed by atoms with Crippen LogP contribution in [0.1, 0.15) is 42.1 Å². The highest BCUT2D eigenvalue weighted by atomic mass is 16.5. The molecular formula is C19H22N2O3. The Kier molecular flexibility index (Phi) is 6.83. The van der Waals surface area contributed by atoms with Gasteiger partial charge < -0.3 is 9.84 Å². The lowest BCUT2D eigenvalue weighted by Crippen LogP contribution is -2.17. The van der Waals surface area contributed by atoms with Crippen LogP contribution in [-0.4, -0.2) is 23.8 Å². The first-order valence-corrected chi connectivity index (χ1v) is 8.04. The summed E-state index contributed by atoms with van der Waals surface area (Å²) in [6.07, 6.45) is 4.97. The Bertz CT molecular complexity index is 664. The molecule has 0 aliphatic carbocycles. The summed E-state index contributed by atoms with van der Waals surface area (Å²) in [5.41, 5.74) is 3.74. The van der Waals surface area contributed by atoms with Crippen molar-refractivity contribution in [2.45, 2.75) is 26.2 Å². The van der Waals surface area contributed by atoms with E-state index in [9.17, 15) is 9.90 Å². The number of aromatic hydroxyl groups is 1. The van der Waals surface area contributed by atoms with Gasteiger partial charge in [-0.3, -0.25) is 4.79 Å². The summed E-state index contributed by atoms with van der Waals surface area (Å²) >= 11 is 0. The lowest BCUT2D eigenvalue weighted by molar-refractivity contribution is 0.0955. The Morgan fingerprint density at radius 3 is 2.50 bits per heavy atom. The first kappa shape index (κ1) is 17.5. The van der Waals surface area contributed by atoms with Crippen LogP contribution in [-0.2, 0) is 0 Å². The monoisotopic (exact) mass is 326 g/mol. The number of nitrogens with zero attached hydrogens (tertiary/aromatic N) is 1. The summed E-state index contributed by atoms with van der Waals surface area (Å²) in [6.45, 7) is 2.89. The lowest BCUT2D eigenvalue weighted by Gasteiger charge is -2.05. The molecule has 0 aromatic heterocycles. The van der Waals surface area contributed by atoms with E-state index < -0.39 is 0 Å². The van der Waals surface area contributed by atoms with Crippen LogP contribution in [0.2, 0.25) is 0 Å². The molecule has 0 bridgehead atoms. The van der Waals surface area contributed by atoms with Crippen molar-refractivity contribution in [2.24, 2.45) is 5.10 Å². The maximum atomic E-state index is 11.8. The molecule has 0 saturated heterocycles. The van der Waals surface area contributed by atoms with Crippen molar-refractivity contribution >= 4 is 12.1 Å². The van der Waals surface area contributed by atoms with Crippen LogP contribution < -0.4 is 10.2 Å². The zero-order chi connectivity index (χ0) is 17.2. The maximum absolute atomic E-state index is 11.8. The molecule has 0 radical (unpaired) electrons. The Labute approximate surface area is 142 Å². The van der Waals surface area contributed by atoms with E-state index in [0.29, 0.717) is 5.56 Å². The molecule has 0 aliphatic rings. The van der Waals surface area contributed by atoms with Crippen LogP contribution in [0.25, 0.3) is 0 Å². The molecule has 0 atom stereocenters. The predicted molar refractivity (Wildman–Crippen MR) is 94.6 cm³/mol. The number of amides is 1. The summed E-state index contributed by atoms with van der Waals surface area (Å²) in [7, 11) is 0. The minimum atomic E-state index is -0.331. The second-order valence-electron chi connectivity index (χ2n) is 5.37. The number of nitrogens with one attached hydrogen (secondary N) is 1. The van der Waals surface area contributed by atoms with E-state index in [-0.39, 0.29) is 11.7 Å². The molecule has 24 heavy (non-hydrogen) atoms. The summed E-state index contributed by atoms with van der Waals surface area (Å²) in [6, 6.07) is 13.5. The van der Waals surface area contributed by atoms with E-state index in [1.165, 1.54) is 37.1 Å². The fourth-order valence-electron chi connectivity index (χ4n) is 2.03. The summed E-state index contributed by atoms with van der Waals surface area (Å²) in [4.78, 5) is 11.8. The van der Waals surface area contributed by atoms with Gasteiger partial charge in [-0.2, -0.15) is 5.10 Å². The van der Waals surface area contributed by atoms with Crippen LogP contribution >= 0.6 is 0 Å². The third kappa shape index (κ3) is 5.76. The highest BCUT2D eigenvalue weighted by Gasteiger charge is 2.03. The van der Waals surface area contributed by atoms with Crippen LogP contribution in [0.3, 0.4) is 0 Å². The smallest absolute Gasteiger partial charge is 0.271 e. The molecule has 5 heteroatoms. The molecule has 0 heterocycles. The minimum Gasteiger partial charge on any atom is -0.508 e. The number of rotatable bonds is 8. The molecule has 0 spiro atoms. The van der Waals surface area contributed by atoms with Gasteiger partial charge in [-0.15, -0.1) is 0 Å². The van der Waals surface area contributed by atoms with Crippen molar-refractivity contribution in [3.05, 3.63) is 59.7 Å². The SMILES string of the molecule is CCCCCOc1ccc(/C=N\NC(=O)c2ccc(O)cc2)cc1. The van der Waals surface area contributed by atoms with Gasteiger partial charge in [0.05, 0.1) is 12.8 Å². The summed E-state index contributed by atoms with van der Waals surface area (Å²) in [5.74, 6) is 0.616. The third-order valence-corrected chi connectivity index (χ3v) is 3.41. The van der Waals surface area contributed by atoms with E-state index in [0.717, 1.165) is 24.3 Å². The van der Waals surface area contributed by atoms with Crippen LogP contribution in [0, 0.1) is 0 Å². The number of ether oxygens (including phenoxy) is 1. The fraction of sp³-hybridized carbons (Fsp3) is 0.263. The van der Waals surface area contributed by atoms with Gasteiger partial charge in [-0.05, 0) is 60.5 Å². The molecular weight excluding hydrogens is 304 g/mol. The first-order valence-electron chi connectivity index (χ1n) is 8.04. The molecule has 1 amide bonds. The highest BCUT2D eigenvalue weighted by molar-refractivity contribution is 5.94. The molecule has 2 aromatic carbocycles. The van der Waals surface area contributed by atoms with Crippen molar-refractivity contribution in [1.29, 1.82) is 0 Å². The van der Waals surface area contributed by atoms with Crippen molar-refractivity contribution in [3.8, 4) is 11.5 Å². The molecule has 2 rings (SSSR count). The number of carbonyl (C=O) groups excluding carboxylic acids is 1. The Morgan fingerprint density at radius 2 is 1.83 bits per heavy atom. The Balaban J connectivity index is 1.81. The van der Waals surface area contributed by atoms with E-state index in [2.05, 4.69) is 17.5 Å². The summed E-state index contributed by atoms with van der Waals surface area (Å²) in [5, 5.41) is 13.1. The molecule has 2 N–H and O–H groups in total. The van der Waals surface area contributed by atoms with Gasteiger partial charge >= 0.3 is 0 Å².